The summed E-state index contributed by atoms with van der Waals surface area (Å²) in [6.45, 7) is 5.54. The van der Waals surface area contributed by atoms with Crippen molar-refractivity contribution in [2.24, 2.45) is 0 Å². The molecule has 0 bridgehead atoms. The van der Waals surface area contributed by atoms with Crippen molar-refractivity contribution in [1.29, 1.82) is 0 Å². The van der Waals surface area contributed by atoms with E-state index < -0.39 is 16.4 Å². The molecule has 6 rings (SSSR count). The summed E-state index contributed by atoms with van der Waals surface area (Å²) in [6, 6.07) is 14.8. The molecular weight excluding hydrogens is 572 g/mol. The Morgan fingerprint density at radius 2 is 1.81 bits per heavy atom. The SMILES string of the molecule is CCc1c(-c2cccc(C(F)F)c2)c2cc(-c3cn(C4CCNCC4)nc3OC)cnc2n1S(=O)(=O)c1ccc(C)cc1. The lowest BCUT2D eigenvalue weighted by Crippen LogP contribution is -2.29. The molecule has 1 N–H and O–H groups in total. The highest BCUT2D eigenvalue weighted by atomic mass is 32.2. The number of piperidine rings is 1. The zero-order chi connectivity index (χ0) is 30.3. The maximum Gasteiger partial charge on any atom is 0.269 e. The van der Waals surface area contributed by atoms with Gasteiger partial charge in [-0.3, -0.25) is 4.68 Å². The summed E-state index contributed by atoms with van der Waals surface area (Å²) in [4.78, 5) is 4.83. The predicted octanol–water partition coefficient (Wildman–Crippen LogP) is 6.55. The fraction of sp³-hybridized carbons (Fsp3) is 0.312. The van der Waals surface area contributed by atoms with E-state index in [-0.39, 0.29) is 22.1 Å². The maximum atomic E-state index is 14.2. The number of hydrogen-bond acceptors (Lipinski definition) is 6. The lowest BCUT2D eigenvalue weighted by atomic mass is 9.98. The average Bonchev–Trinajstić information content (AvgIpc) is 3.61. The van der Waals surface area contributed by atoms with Crippen LogP contribution in [0.5, 0.6) is 5.88 Å². The van der Waals surface area contributed by atoms with Gasteiger partial charge in [0.05, 0.1) is 23.6 Å². The molecule has 0 radical (unpaired) electrons. The molecule has 0 amide bonds. The van der Waals surface area contributed by atoms with E-state index in [4.69, 9.17) is 14.8 Å². The number of pyridine rings is 1. The third-order valence-electron chi connectivity index (χ3n) is 8.07. The molecule has 43 heavy (non-hydrogen) atoms. The number of aryl methyl sites for hydroxylation is 1. The van der Waals surface area contributed by atoms with Crippen LogP contribution in [0.1, 0.15) is 49.1 Å². The molecule has 1 aliphatic rings. The monoisotopic (exact) mass is 605 g/mol. The minimum atomic E-state index is -4.08. The number of nitrogens with zero attached hydrogens (tertiary/aromatic N) is 4. The molecule has 8 nitrogen and oxygen atoms in total. The normalized spacial score (nSPS) is 14.6. The summed E-state index contributed by atoms with van der Waals surface area (Å²) in [6.07, 6.45) is 3.08. The molecule has 1 fully saturated rings. The Hall–Kier alpha value is -4.09. The van der Waals surface area contributed by atoms with Gasteiger partial charge >= 0.3 is 0 Å². The number of hydrogen-bond donors (Lipinski definition) is 1. The van der Waals surface area contributed by atoms with E-state index in [1.165, 1.54) is 16.1 Å². The van der Waals surface area contributed by atoms with Gasteiger partial charge in [-0.05, 0) is 69.1 Å². The Morgan fingerprint density at radius 1 is 1.07 bits per heavy atom. The molecule has 11 heteroatoms. The quantitative estimate of drug-likeness (QED) is 0.216. The third-order valence-corrected chi connectivity index (χ3v) is 9.81. The maximum absolute atomic E-state index is 14.2. The van der Waals surface area contributed by atoms with Gasteiger partial charge in [-0.1, -0.05) is 42.8 Å². The molecule has 5 aromatic rings. The first-order chi connectivity index (χ1) is 20.7. The predicted molar refractivity (Wildman–Crippen MR) is 162 cm³/mol. The van der Waals surface area contributed by atoms with Gasteiger partial charge in [0.25, 0.3) is 16.4 Å². The van der Waals surface area contributed by atoms with Crippen molar-refractivity contribution in [3.05, 3.63) is 83.8 Å². The summed E-state index contributed by atoms with van der Waals surface area (Å²) in [7, 11) is -2.52. The standard InChI is InChI=1S/C32H33F2N5O3S/c1-4-28-29(21-6-5-7-22(16-21)30(33)34)26-17-23(27-19-38(37-32(27)42-3)24-12-14-35-15-13-24)18-36-31(26)39(28)43(40,41)25-10-8-20(2)9-11-25/h5-11,16-19,24,30,35H,4,12-15H2,1-3H3. The van der Waals surface area contributed by atoms with E-state index in [0.717, 1.165) is 37.1 Å². The van der Waals surface area contributed by atoms with Crippen molar-refractivity contribution in [2.45, 2.75) is 50.5 Å². The molecule has 0 unspecified atom stereocenters. The van der Waals surface area contributed by atoms with E-state index in [1.54, 1.807) is 49.7 Å². The molecule has 1 aliphatic heterocycles. The Labute approximate surface area is 249 Å². The molecule has 0 aliphatic carbocycles. The zero-order valence-corrected chi connectivity index (χ0v) is 25.0. The van der Waals surface area contributed by atoms with Crippen molar-refractivity contribution in [1.82, 2.24) is 24.1 Å². The van der Waals surface area contributed by atoms with Crippen LogP contribution in [-0.4, -0.2) is 47.4 Å². The van der Waals surface area contributed by atoms with Gasteiger partial charge in [-0.25, -0.2) is 26.2 Å². The highest BCUT2D eigenvalue weighted by Gasteiger charge is 2.29. The van der Waals surface area contributed by atoms with E-state index in [2.05, 4.69) is 5.32 Å². The van der Waals surface area contributed by atoms with Crippen molar-refractivity contribution in [3.8, 4) is 28.1 Å². The van der Waals surface area contributed by atoms with E-state index >= 15 is 0 Å². The first-order valence-electron chi connectivity index (χ1n) is 14.3. The smallest absolute Gasteiger partial charge is 0.269 e. The van der Waals surface area contributed by atoms with Crippen LogP contribution in [0.4, 0.5) is 8.78 Å². The zero-order valence-electron chi connectivity index (χ0n) is 24.2. The largest absolute Gasteiger partial charge is 0.479 e. The van der Waals surface area contributed by atoms with Gasteiger partial charge in [0.15, 0.2) is 5.65 Å². The van der Waals surface area contributed by atoms with Gasteiger partial charge < -0.3 is 10.1 Å². The summed E-state index contributed by atoms with van der Waals surface area (Å²) in [5.74, 6) is 0.434. The molecule has 3 aromatic heterocycles. The Morgan fingerprint density at radius 3 is 2.49 bits per heavy atom. The number of halogens is 2. The number of methoxy groups -OCH3 is 1. The Bertz CT molecular complexity index is 1890. The van der Waals surface area contributed by atoms with E-state index in [9.17, 15) is 17.2 Å². The second kappa shape index (κ2) is 11.5. The third kappa shape index (κ3) is 5.21. The number of alkyl halides is 2. The van der Waals surface area contributed by atoms with Gasteiger partial charge in [-0.2, -0.15) is 0 Å². The van der Waals surface area contributed by atoms with Gasteiger partial charge in [0, 0.05) is 40.2 Å². The Kier molecular flexibility index (Phi) is 7.78. The highest BCUT2D eigenvalue weighted by molar-refractivity contribution is 7.90. The van der Waals surface area contributed by atoms with E-state index in [1.807, 2.05) is 30.8 Å². The topological polar surface area (TPSA) is 91.0 Å². The number of aromatic nitrogens is 4. The van der Waals surface area contributed by atoms with Gasteiger partial charge in [0.2, 0.25) is 5.88 Å². The number of benzene rings is 2. The molecule has 0 saturated carbocycles. The fourth-order valence-electron chi connectivity index (χ4n) is 5.86. The van der Waals surface area contributed by atoms with Crippen molar-refractivity contribution >= 4 is 21.1 Å². The fourth-order valence-corrected chi connectivity index (χ4v) is 7.44. The van der Waals surface area contributed by atoms with Crippen LogP contribution in [0.2, 0.25) is 0 Å². The van der Waals surface area contributed by atoms with Crippen molar-refractivity contribution in [3.63, 3.8) is 0 Å². The van der Waals surface area contributed by atoms with Crippen LogP contribution in [0, 0.1) is 6.92 Å². The number of ether oxygens (including phenoxy) is 1. The summed E-state index contributed by atoms with van der Waals surface area (Å²) in [5.41, 5.74) is 3.92. The molecule has 0 atom stereocenters. The van der Waals surface area contributed by atoms with E-state index in [0.29, 0.717) is 40.1 Å². The molecule has 2 aromatic carbocycles. The first kappa shape index (κ1) is 29.0. The average molecular weight is 606 g/mol. The van der Waals surface area contributed by atoms with Crippen LogP contribution in [0.15, 0.2) is 71.9 Å². The van der Waals surface area contributed by atoms with Gasteiger partial charge in [-0.15, -0.1) is 5.10 Å². The van der Waals surface area contributed by atoms with Crippen molar-refractivity contribution < 1.29 is 21.9 Å². The molecule has 224 valence electrons. The first-order valence-corrected chi connectivity index (χ1v) is 15.7. The summed E-state index contributed by atoms with van der Waals surface area (Å²) in [5, 5.41) is 8.60. The van der Waals surface area contributed by atoms with Gasteiger partial charge in [0.1, 0.15) is 0 Å². The van der Waals surface area contributed by atoms with Crippen LogP contribution in [-0.2, 0) is 16.4 Å². The lowest BCUT2D eigenvalue weighted by molar-refractivity contribution is 0.151. The number of nitrogens with one attached hydrogen (secondary N) is 1. The van der Waals surface area contributed by atoms with Crippen LogP contribution in [0.3, 0.4) is 0 Å². The highest BCUT2D eigenvalue weighted by Crippen LogP contribution is 2.41. The van der Waals surface area contributed by atoms with Crippen molar-refractivity contribution in [2.75, 3.05) is 20.2 Å². The Balaban J connectivity index is 1.61. The number of fused-ring (bicyclic) bond motifs is 1. The minimum Gasteiger partial charge on any atom is -0.479 e. The minimum absolute atomic E-state index is 0.119. The summed E-state index contributed by atoms with van der Waals surface area (Å²) < 4.78 is 64.7. The molecule has 4 heterocycles. The number of rotatable bonds is 8. The molecule has 1 saturated heterocycles. The second-order valence-electron chi connectivity index (χ2n) is 10.8. The van der Waals surface area contributed by atoms with Crippen LogP contribution < -0.4 is 10.1 Å². The molecule has 0 spiro atoms. The second-order valence-corrected chi connectivity index (χ2v) is 12.6. The molecular formula is C32H33F2N5O3S. The van der Waals surface area contributed by atoms with Crippen LogP contribution >= 0.6 is 0 Å². The lowest BCUT2D eigenvalue weighted by Gasteiger charge is -2.22. The van der Waals surface area contributed by atoms with Crippen LogP contribution in [0.25, 0.3) is 33.3 Å². The summed E-state index contributed by atoms with van der Waals surface area (Å²) >= 11 is 0.